The van der Waals surface area contributed by atoms with Crippen molar-refractivity contribution in [1.82, 2.24) is 14.9 Å². The number of hydrogen-bond acceptors (Lipinski definition) is 7. The Bertz CT molecular complexity index is 1520. The highest BCUT2D eigenvalue weighted by atomic mass is 32.2. The Morgan fingerprint density at radius 2 is 1.76 bits per heavy atom. The summed E-state index contributed by atoms with van der Waals surface area (Å²) in [5, 5.41) is 0. The van der Waals surface area contributed by atoms with Gasteiger partial charge in [-0.2, -0.15) is 4.98 Å². The summed E-state index contributed by atoms with van der Waals surface area (Å²) in [5.41, 5.74) is 3.62. The maximum atomic E-state index is 14.1. The van der Waals surface area contributed by atoms with E-state index in [0.717, 1.165) is 23.1 Å². The Hall–Kier alpha value is -3.50. The monoisotopic (exact) mass is 578 g/mol. The fourth-order valence-electron chi connectivity index (χ4n) is 5.58. The predicted molar refractivity (Wildman–Crippen MR) is 158 cm³/mol. The van der Waals surface area contributed by atoms with E-state index in [9.17, 15) is 13.2 Å². The van der Waals surface area contributed by atoms with E-state index >= 15 is 0 Å². The molecule has 1 aromatic heterocycles. The molecule has 1 amide bonds. The molecule has 2 atom stereocenters. The van der Waals surface area contributed by atoms with E-state index in [1.165, 1.54) is 12.1 Å². The number of ether oxygens (including phenoxy) is 2. The molecule has 1 saturated heterocycles. The summed E-state index contributed by atoms with van der Waals surface area (Å²) >= 11 is 0. The Morgan fingerprint density at radius 1 is 1.02 bits per heavy atom. The average Bonchev–Trinajstić information content (AvgIpc) is 3.41. The molecule has 41 heavy (non-hydrogen) atoms. The van der Waals surface area contributed by atoms with Crippen molar-refractivity contribution in [2.45, 2.75) is 58.4 Å². The number of fused-ring (bicyclic) bond motifs is 4. The van der Waals surface area contributed by atoms with Crippen molar-refractivity contribution in [1.29, 1.82) is 0 Å². The van der Waals surface area contributed by atoms with Gasteiger partial charge in [0.15, 0.2) is 0 Å². The lowest BCUT2D eigenvalue weighted by molar-refractivity contribution is 0.0478. The molecule has 1 N–H and O–H groups in total. The average molecular weight is 579 g/mol. The lowest BCUT2D eigenvalue weighted by Crippen LogP contribution is -2.48. The molecule has 3 aromatic rings. The first-order valence-corrected chi connectivity index (χ1v) is 15.5. The second-order valence-electron chi connectivity index (χ2n) is 12.2. The van der Waals surface area contributed by atoms with Crippen molar-refractivity contribution in [3.05, 3.63) is 65.2 Å². The van der Waals surface area contributed by atoms with Crippen LogP contribution in [0.2, 0.25) is 0 Å². The van der Waals surface area contributed by atoms with Crippen LogP contribution < -0.4 is 9.46 Å². The molecule has 218 valence electrons. The molecule has 4 bridgehead atoms. The predicted octanol–water partition coefficient (Wildman–Crippen LogP) is 5.24. The van der Waals surface area contributed by atoms with Gasteiger partial charge in [-0.25, -0.2) is 18.1 Å². The van der Waals surface area contributed by atoms with Crippen LogP contribution in [-0.2, 0) is 14.8 Å². The summed E-state index contributed by atoms with van der Waals surface area (Å²) in [7, 11) is -4.10. The van der Waals surface area contributed by atoms with Crippen LogP contribution in [-0.4, -0.2) is 61.6 Å². The molecule has 0 spiro atoms. The molecule has 0 saturated carbocycles. The molecule has 2 aromatic carbocycles. The van der Waals surface area contributed by atoms with Gasteiger partial charge in [-0.15, -0.1) is 0 Å². The zero-order chi connectivity index (χ0) is 29.4. The van der Waals surface area contributed by atoms with E-state index in [4.69, 9.17) is 9.47 Å². The van der Waals surface area contributed by atoms with E-state index in [2.05, 4.69) is 35.5 Å². The maximum Gasteiger partial charge on any atom is 0.264 e. The Balaban J connectivity index is 1.66. The van der Waals surface area contributed by atoms with Gasteiger partial charge in [0.05, 0.1) is 23.2 Å². The Kier molecular flexibility index (Phi) is 8.07. The number of carbonyl (C=O) groups excluding carboxylic acids is 1. The largest absolute Gasteiger partial charge is 0.475 e. The van der Waals surface area contributed by atoms with Crippen molar-refractivity contribution in [3.63, 3.8) is 0 Å². The first kappa shape index (κ1) is 29.0. The van der Waals surface area contributed by atoms with E-state index in [0.29, 0.717) is 37.4 Å². The van der Waals surface area contributed by atoms with Crippen molar-refractivity contribution >= 4 is 21.9 Å². The number of anilines is 1. The first-order valence-electron chi connectivity index (χ1n) is 14.0. The molecule has 3 heterocycles. The van der Waals surface area contributed by atoms with Crippen molar-refractivity contribution in [3.8, 4) is 17.1 Å². The van der Waals surface area contributed by atoms with Crippen LogP contribution in [0, 0.1) is 25.2 Å². The van der Waals surface area contributed by atoms with Gasteiger partial charge in [0.1, 0.15) is 6.61 Å². The van der Waals surface area contributed by atoms with Gasteiger partial charge in [0.2, 0.25) is 11.8 Å². The number of nitrogens with one attached hydrogen (secondary N) is 1. The standard InChI is InChI=1S/C31H38N4O5S/c1-20-8-6-9-21(2)28(20)26-15-27-33-30(32-26)34-41(37,38)25-11-7-10-23(14-25)29(36)35(17-22-12-13-39-18-22)24(19-40-27)16-31(3,4)5/h6-11,14-15,22,24H,12-13,16-19H2,1-5H3,(H,32,33,34)/t22?,24-/m1/s1. The van der Waals surface area contributed by atoms with E-state index in [1.807, 2.05) is 36.9 Å². The van der Waals surface area contributed by atoms with E-state index in [1.54, 1.807) is 18.2 Å². The van der Waals surface area contributed by atoms with Gasteiger partial charge in [-0.3, -0.25) is 4.79 Å². The molecule has 9 nitrogen and oxygen atoms in total. The fourth-order valence-corrected chi connectivity index (χ4v) is 6.57. The summed E-state index contributed by atoms with van der Waals surface area (Å²) in [4.78, 5) is 24.9. The minimum Gasteiger partial charge on any atom is -0.475 e. The van der Waals surface area contributed by atoms with Gasteiger partial charge in [-0.05, 0) is 61.4 Å². The highest BCUT2D eigenvalue weighted by Gasteiger charge is 2.33. The number of aryl methyl sites for hydroxylation is 2. The van der Waals surface area contributed by atoms with Crippen LogP contribution in [0.15, 0.2) is 53.4 Å². The van der Waals surface area contributed by atoms with E-state index < -0.39 is 10.0 Å². The number of rotatable bonds is 4. The molecule has 0 aliphatic carbocycles. The third kappa shape index (κ3) is 6.70. The number of carbonyl (C=O) groups is 1. The number of benzene rings is 2. The SMILES string of the molecule is Cc1cccc(C)c1-c1cc2nc(n1)NS(=O)(=O)c1cccc(c1)C(=O)N(CC1CCOC1)[C@H](CC(C)(C)C)CO2. The quantitative estimate of drug-likeness (QED) is 0.451. The summed E-state index contributed by atoms with van der Waals surface area (Å²) in [6.45, 7) is 12.3. The highest BCUT2D eigenvalue weighted by Crippen LogP contribution is 2.32. The second kappa shape index (κ2) is 11.4. The molecule has 1 unspecified atom stereocenters. The lowest BCUT2D eigenvalue weighted by atomic mass is 9.87. The topological polar surface area (TPSA) is 111 Å². The zero-order valence-corrected chi connectivity index (χ0v) is 25.1. The molecule has 0 radical (unpaired) electrons. The second-order valence-corrected chi connectivity index (χ2v) is 13.9. The van der Waals surface area contributed by atoms with Crippen LogP contribution in [0.5, 0.6) is 5.88 Å². The van der Waals surface area contributed by atoms with Crippen molar-refractivity contribution < 1.29 is 22.7 Å². The number of sulfonamides is 1. The fraction of sp³-hybridized carbons (Fsp3) is 0.452. The van der Waals surface area contributed by atoms with E-state index in [-0.39, 0.29) is 46.6 Å². The van der Waals surface area contributed by atoms with Crippen molar-refractivity contribution in [2.75, 3.05) is 31.1 Å². The molecular formula is C31H38N4O5S. The summed E-state index contributed by atoms with van der Waals surface area (Å²) in [5.74, 6) is 0.0901. The van der Waals surface area contributed by atoms with Gasteiger partial charge >= 0.3 is 0 Å². The van der Waals surface area contributed by atoms with Crippen LogP contribution in [0.4, 0.5) is 5.95 Å². The van der Waals surface area contributed by atoms with Crippen LogP contribution in [0.25, 0.3) is 11.3 Å². The van der Waals surface area contributed by atoms with Gasteiger partial charge < -0.3 is 14.4 Å². The molecular weight excluding hydrogens is 540 g/mol. The third-order valence-electron chi connectivity index (χ3n) is 7.51. The summed E-state index contributed by atoms with van der Waals surface area (Å²) < 4.78 is 41.5. The Labute approximate surface area is 242 Å². The van der Waals surface area contributed by atoms with Crippen LogP contribution in [0.1, 0.15) is 55.1 Å². The molecule has 5 rings (SSSR count). The molecule has 1 fully saturated rings. The smallest absolute Gasteiger partial charge is 0.264 e. The number of amides is 1. The van der Waals surface area contributed by atoms with Crippen LogP contribution in [0.3, 0.4) is 0 Å². The third-order valence-corrected chi connectivity index (χ3v) is 8.83. The maximum absolute atomic E-state index is 14.1. The minimum absolute atomic E-state index is 0.0392. The molecule has 2 aliphatic heterocycles. The minimum atomic E-state index is -4.10. The Morgan fingerprint density at radius 3 is 2.44 bits per heavy atom. The number of hydrogen-bond donors (Lipinski definition) is 1. The lowest BCUT2D eigenvalue weighted by Gasteiger charge is -2.37. The normalized spacial score (nSPS) is 20.8. The number of nitrogens with zero attached hydrogens (tertiary/aromatic N) is 3. The van der Waals surface area contributed by atoms with Gasteiger partial charge in [0, 0.05) is 36.3 Å². The highest BCUT2D eigenvalue weighted by molar-refractivity contribution is 7.92. The summed E-state index contributed by atoms with van der Waals surface area (Å²) in [6.07, 6.45) is 1.53. The van der Waals surface area contributed by atoms with Gasteiger partial charge in [0.25, 0.3) is 15.9 Å². The van der Waals surface area contributed by atoms with Crippen LogP contribution >= 0.6 is 0 Å². The first-order chi connectivity index (χ1) is 19.4. The molecule has 10 heteroatoms. The van der Waals surface area contributed by atoms with Crippen molar-refractivity contribution in [2.24, 2.45) is 11.3 Å². The number of aromatic nitrogens is 2. The van der Waals surface area contributed by atoms with Gasteiger partial charge in [-0.1, -0.05) is 45.0 Å². The zero-order valence-electron chi connectivity index (χ0n) is 24.3. The molecule has 2 aliphatic rings. The summed E-state index contributed by atoms with van der Waals surface area (Å²) in [6, 6.07) is 13.5.